The van der Waals surface area contributed by atoms with E-state index in [0.717, 1.165) is 25.2 Å². The lowest BCUT2D eigenvalue weighted by Gasteiger charge is -2.33. The Morgan fingerprint density at radius 2 is 2.33 bits per heavy atom. The van der Waals surface area contributed by atoms with Gasteiger partial charge in [0.1, 0.15) is 6.07 Å². The molecule has 1 aliphatic rings. The minimum Gasteiger partial charge on any atom is -0.370 e. The van der Waals surface area contributed by atoms with Gasteiger partial charge in [0.25, 0.3) is 5.69 Å². The Morgan fingerprint density at radius 1 is 1.56 bits per heavy atom. The predicted octanol–water partition coefficient (Wildman–Crippen LogP) is 2.70. The second-order valence-corrected chi connectivity index (χ2v) is 4.76. The van der Waals surface area contributed by atoms with Crippen LogP contribution in [0.3, 0.4) is 0 Å². The average molecular weight is 245 g/mol. The van der Waals surface area contributed by atoms with E-state index in [1.807, 2.05) is 0 Å². The number of nitriles is 1. The first-order valence-electron chi connectivity index (χ1n) is 6.05. The molecule has 1 saturated heterocycles. The minimum absolute atomic E-state index is 0.0274. The third-order valence-corrected chi connectivity index (χ3v) is 3.31. The first-order chi connectivity index (χ1) is 8.61. The first-order valence-corrected chi connectivity index (χ1v) is 6.05. The molecule has 5 heteroatoms. The number of rotatable bonds is 2. The molecule has 0 N–H and O–H groups in total. The summed E-state index contributed by atoms with van der Waals surface area (Å²) >= 11 is 0. The van der Waals surface area contributed by atoms with Gasteiger partial charge in [0.2, 0.25) is 0 Å². The summed E-state index contributed by atoms with van der Waals surface area (Å²) < 4.78 is 0. The van der Waals surface area contributed by atoms with Crippen molar-refractivity contribution in [3.63, 3.8) is 0 Å². The number of non-ortho nitro benzene ring substituents is 1. The number of nitro groups is 1. The molecule has 0 bridgehead atoms. The summed E-state index contributed by atoms with van der Waals surface area (Å²) in [5, 5.41) is 19.8. The van der Waals surface area contributed by atoms with Gasteiger partial charge in [-0.05, 0) is 24.8 Å². The Bertz CT molecular complexity index is 507. The number of nitrogens with zero attached hydrogens (tertiary/aromatic N) is 3. The van der Waals surface area contributed by atoms with Gasteiger partial charge in [-0.1, -0.05) is 6.92 Å². The zero-order chi connectivity index (χ0) is 13.1. The summed E-state index contributed by atoms with van der Waals surface area (Å²) in [4.78, 5) is 12.4. The van der Waals surface area contributed by atoms with Crippen LogP contribution in [0.2, 0.25) is 0 Å². The molecule has 0 amide bonds. The molecule has 0 radical (unpaired) electrons. The van der Waals surface area contributed by atoms with Gasteiger partial charge in [-0.25, -0.2) is 0 Å². The highest BCUT2D eigenvalue weighted by Crippen LogP contribution is 2.28. The first kappa shape index (κ1) is 12.4. The molecule has 1 aliphatic heterocycles. The fourth-order valence-electron chi connectivity index (χ4n) is 2.41. The van der Waals surface area contributed by atoms with E-state index in [0.29, 0.717) is 11.5 Å². The quantitative estimate of drug-likeness (QED) is 0.593. The lowest BCUT2D eigenvalue weighted by Crippen LogP contribution is -2.34. The van der Waals surface area contributed by atoms with Crippen molar-refractivity contribution in [2.45, 2.75) is 19.8 Å². The van der Waals surface area contributed by atoms with E-state index >= 15 is 0 Å². The molecule has 94 valence electrons. The van der Waals surface area contributed by atoms with Gasteiger partial charge < -0.3 is 4.90 Å². The van der Waals surface area contributed by atoms with Gasteiger partial charge in [-0.2, -0.15) is 5.26 Å². The van der Waals surface area contributed by atoms with Crippen molar-refractivity contribution < 1.29 is 4.92 Å². The van der Waals surface area contributed by atoms with E-state index in [9.17, 15) is 10.1 Å². The van der Waals surface area contributed by atoms with Crippen molar-refractivity contribution in [2.24, 2.45) is 5.92 Å². The minimum atomic E-state index is -0.469. The van der Waals surface area contributed by atoms with Crippen LogP contribution in [0.4, 0.5) is 11.4 Å². The van der Waals surface area contributed by atoms with Crippen LogP contribution in [0.1, 0.15) is 25.3 Å². The summed E-state index contributed by atoms with van der Waals surface area (Å²) in [5.74, 6) is 0.598. The van der Waals surface area contributed by atoms with Crippen molar-refractivity contribution in [2.75, 3.05) is 18.0 Å². The maximum atomic E-state index is 10.7. The highest BCUT2D eigenvalue weighted by Gasteiger charge is 2.20. The highest BCUT2D eigenvalue weighted by atomic mass is 16.6. The Labute approximate surface area is 106 Å². The van der Waals surface area contributed by atoms with Crippen LogP contribution in [0, 0.1) is 27.4 Å². The number of hydrogen-bond acceptors (Lipinski definition) is 4. The standard InChI is InChI=1S/C13H15N3O2/c1-10-3-2-6-15(9-10)13-5-4-12(16(17)18)7-11(13)8-14/h4-5,7,10H,2-3,6,9H2,1H3. The van der Waals surface area contributed by atoms with Crippen LogP contribution in [0.5, 0.6) is 0 Å². The molecule has 1 aromatic carbocycles. The Balaban J connectivity index is 2.33. The van der Waals surface area contributed by atoms with Gasteiger partial charge in [0.05, 0.1) is 16.2 Å². The molecule has 1 atom stereocenters. The molecule has 1 aromatic rings. The Kier molecular flexibility index (Phi) is 3.47. The highest BCUT2D eigenvalue weighted by molar-refractivity contribution is 5.63. The second kappa shape index (κ2) is 5.05. The van der Waals surface area contributed by atoms with Crippen LogP contribution in [0.15, 0.2) is 18.2 Å². The van der Waals surface area contributed by atoms with Crippen molar-refractivity contribution in [3.8, 4) is 6.07 Å². The van der Waals surface area contributed by atoms with Crippen LogP contribution in [-0.2, 0) is 0 Å². The maximum absolute atomic E-state index is 10.7. The van der Waals surface area contributed by atoms with Gasteiger partial charge in [-0.3, -0.25) is 10.1 Å². The molecule has 2 rings (SSSR count). The van der Waals surface area contributed by atoms with Crippen LogP contribution in [0.25, 0.3) is 0 Å². The van der Waals surface area contributed by atoms with Crippen molar-refractivity contribution in [1.82, 2.24) is 0 Å². The molecular weight excluding hydrogens is 230 g/mol. The van der Waals surface area contributed by atoms with E-state index < -0.39 is 4.92 Å². The summed E-state index contributed by atoms with van der Waals surface area (Å²) in [6, 6.07) is 6.57. The monoisotopic (exact) mass is 245 g/mol. The lowest BCUT2D eigenvalue weighted by molar-refractivity contribution is -0.384. The molecule has 1 fully saturated rings. The molecule has 1 unspecified atom stereocenters. The Hall–Kier alpha value is -2.09. The average Bonchev–Trinajstić information content (AvgIpc) is 2.37. The smallest absolute Gasteiger partial charge is 0.270 e. The summed E-state index contributed by atoms with van der Waals surface area (Å²) in [5.41, 5.74) is 1.17. The van der Waals surface area contributed by atoms with Gasteiger partial charge in [0.15, 0.2) is 0 Å². The van der Waals surface area contributed by atoms with E-state index in [2.05, 4.69) is 17.9 Å². The number of hydrogen-bond donors (Lipinski definition) is 0. The van der Waals surface area contributed by atoms with Crippen molar-refractivity contribution in [3.05, 3.63) is 33.9 Å². The van der Waals surface area contributed by atoms with E-state index in [4.69, 9.17) is 5.26 Å². The van der Waals surface area contributed by atoms with E-state index in [1.165, 1.54) is 18.6 Å². The normalized spacial score (nSPS) is 19.3. The zero-order valence-corrected chi connectivity index (χ0v) is 10.3. The fraction of sp³-hybridized carbons (Fsp3) is 0.462. The lowest BCUT2D eigenvalue weighted by atomic mass is 9.99. The predicted molar refractivity (Wildman–Crippen MR) is 68.4 cm³/mol. The van der Waals surface area contributed by atoms with Crippen molar-refractivity contribution in [1.29, 1.82) is 5.26 Å². The summed E-state index contributed by atoms with van der Waals surface area (Å²) in [6.07, 6.45) is 2.30. The molecule has 0 aliphatic carbocycles. The fourth-order valence-corrected chi connectivity index (χ4v) is 2.41. The van der Waals surface area contributed by atoms with Gasteiger partial charge >= 0.3 is 0 Å². The number of benzene rings is 1. The molecule has 18 heavy (non-hydrogen) atoms. The second-order valence-electron chi connectivity index (χ2n) is 4.76. The topological polar surface area (TPSA) is 70.2 Å². The SMILES string of the molecule is CC1CCCN(c2ccc([N+](=O)[O-])cc2C#N)C1. The van der Waals surface area contributed by atoms with Crippen LogP contribution < -0.4 is 4.90 Å². The molecule has 0 saturated carbocycles. The van der Waals surface area contributed by atoms with Crippen LogP contribution in [-0.4, -0.2) is 18.0 Å². The van der Waals surface area contributed by atoms with E-state index in [-0.39, 0.29) is 5.69 Å². The molecular formula is C13H15N3O2. The largest absolute Gasteiger partial charge is 0.370 e. The van der Waals surface area contributed by atoms with Crippen LogP contribution >= 0.6 is 0 Å². The molecule has 5 nitrogen and oxygen atoms in total. The van der Waals surface area contributed by atoms with Crippen molar-refractivity contribution >= 4 is 11.4 Å². The third-order valence-electron chi connectivity index (χ3n) is 3.31. The molecule has 0 spiro atoms. The zero-order valence-electron chi connectivity index (χ0n) is 10.3. The number of piperidine rings is 1. The summed E-state index contributed by atoms with van der Waals surface area (Å²) in [6.45, 7) is 4.01. The maximum Gasteiger partial charge on any atom is 0.270 e. The van der Waals surface area contributed by atoms with Gasteiger partial charge in [-0.15, -0.1) is 0 Å². The number of anilines is 1. The third kappa shape index (κ3) is 2.43. The Morgan fingerprint density at radius 3 is 2.94 bits per heavy atom. The van der Waals surface area contributed by atoms with Gasteiger partial charge in [0, 0.05) is 25.2 Å². The number of nitro benzene ring substituents is 1. The molecule has 1 heterocycles. The summed E-state index contributed by atoms with van der Waals surface area (Å²) in [7, 11) is 0. The molecule has 0 aromatic heterocycles. The van der Waals surface area contributed by atoms with E-state index in [1.54, 1.807) is 6.07 Å².